The highest BCUT2D eigenvalue weighted by molar-refractivity contribution is 7.51. The fourth-order valence-electron chi connectivity index (χ4n) is 1.88. The van der Waals surface area contributed by atoms with Crippen LogP contribution in [-0.2, 0) is 26.3 Å². The van der Waals surface area contributed by atoms with E-state index in [0.29, 0.717) is 5.56 Å². The van der Waals surface area contributed by atoms with E-state index in [2.05, 4.69) is 19.8 Å². The molecule has 0 saturated heterocycles. The molecule has 0 saturated carbocycles. The van der Waals surface area contributed by atoms with E-state index < -0.39 is 19.8 Å². The summed E-state index contributed by atoms with van der Waals surface area (Å²) in [5, 5.41) is 6.02. The minimum atomic E-state index is -4.69. The van der Waals surface area contributed by atoms with Gasteiger partial charge in [-0.1, -0.05) is 29.4 Å². The van der Waals surface area contributed by atoms with Gasteiger partial charge in [-0.05, 0) is 19.4 Å². The lowest BCUT2D eigenvalue weighted by Gasteiger charge is -2.17. The molecule has 0 amide bonds. The summed E-state index contributed by atoms with van der Waals surface area (Å²) in [7, 11) is -3.38. The third-order valence-corrected chi connectivity index (χ3v) is 4.70. The molecule has 1 heterocycles. The lowest BCUT2D eigenvalue weighted by molar-refractivity contribution is -0.159. The van der Waals surface area contributed by atoms with Crippen LogP contribution >= 0.6 is 7.75 Å². The Morgan fingerprint density at radius 2 is 1.76 bits per heavy atom. The Labute approximate surface area is 142 Å². The normalized spacial score (nSPS) is 12.5. The second-order valence-corrected chi connectivity index (χ2v) is 6.61. The van der Waals surface area contributed by atoms with Crippen LogP contribution in [0.4, 0.5) is 13.2 Å². The number of hydrogen-bond acceptors (Lipinski definition) is 6. The maximum atomic E-state index is 12.5. The predicted molar refractivity (Wildman–Crippen MR) is 82.4 cm³/mol. The van der Waals surface area contributed by atoms with Gasteiger partial charge in [-0.2, -0.15) is 18.2 Å². The van der Waals surface area contributed by atoms with E-state index in [1.807, 2.05) is 0 Å². The van der Waals surface area contributed by atoms with E-state index >= 15 is 0 Å². The number of nitrogens with zero attached hydrogens (tertiary/aromatic N) is 2. The monoisotopic (exact) mass is 379 g/mol. The zero-order chi connectivity index (χ0) is 18.5. The summed E-state index contributed by atoms with van der Waals surface area (Å²) in [5.74, 6) is -1.57. The van der Waals surface area contributed by atoms with Crippen LogP contribution in [0, 0.1) is 0 Å². The van der Waals surface area contributed by atoms with Crippen molar-refractivity contribution in [2.45, 2.75) is 26.6 Å². The number of benzene rings is 1. The molecule has 25 heavy (non-hydrogen) atoms. The first-order valence-electron chi connectivity index (χ1n) is 7.42. The van der Waals surface area contributed by atoms with Gasteiger partial charge in [0.05, 0.1) is 13.2 Å². The van der Waals surface area contributed by atoms with Crippen LogP contribution in [0.5, 0.6) is 0 Å². The van der Waals surface area contributed by atoms with E-state index in [-0.39, 0.29) is 25.6 Å². The first kappa shape index (κ1) is 19.6. The average Bonchev–Trinajstić information content (AvgIpc) is 3.04. The molecule has 0 atom stereocenters. The molecule has 11 heteroatoms. The Bertz CT molecular complexity index is 724. The molecule has 0 radical (unpaired) electrons. The molecular weight excluding hydrogens is 362 g/mol. The summed E-state index contributed by atoms with van der Waals surface area (Å²) < 4.78 is 64.1. The van der Waals surface area contributed by atoms with Crippen LogP contribution in [0.1, 0.15) is 25.3 Å². The molecule has 7 nitrogen and oxygen atoms in total. The number of rotatable bonds is 8. The van der Waals surface area contributed by atoms with E-state index in [9.17, 15) is 17.7 Å². The maximum Gasteiger partial charge on any atom is 0.471 e. The highest BCUT2D eigenvalue weighted by Crippen LogP contribution is 2.43. The first-order valence-corrected chi connectivity index (χ1v) is 8.96. The van der Waals surface area contributed by atoms with Gasteiger partial charge in [0.15, 0.2) is 0 Å². The van der Waals surface area contributed by atoms with Crippen molar-refractivity contribution < 1.29 is 31.3 Å². The van der Waals surface area contributed by atoms with Crippen LogP contribution in [0.3, 0.4) is 0 Å². The number of aromatic nitrogens is 2. The molecule has 2 rings (SSSR count). The first-order chi connectivity index (χ1) is 11.8. The van der Waals surface area contributed by atoms with Gasteiger partial charge in [0.2, 0.25) is 5.82 Å². The highest BCUT2D eigenvalue weighted by Gasteiger charge is 2.38. The summed E-state index contributed by atoms with van der Waals surface area (Å²) in [4.78, 5) is 3.31. The molecule has 2 aromatic rings. The molecule has 0 spiro atoms. The molecule has 0 aliphatic heterocycles. The summed E-state index contributed by atoms with van der Waals surface area (Å²) in [6.45, 7) is 4.04. The van der Waals surface area contributed by atoms with Gasteiger partial charge in [0.1, 0.15) is 0 Å². The van der Waals surface area contributed by atoms with Gasteiger partial charge in [-0.3, -0.25) is 9.05 Å². The Kier molecular flexibility index (Phi) is 6.34. The molecule has 1 aromatic heterocycles. The number of hydrogen-bond donors (Lipinski definition) is 1. The lowest BCUT2D eigenvalue weighted by Crippen LogP contribution is -2.14. The van der Waals surface area contributed by atoms with Gasteiger partial charge >= 0.3 is 19.8 Å². The Morgan fingerprint density at radius 3 is 2.24 bits per heavy atom. The molecule has 138 valence electrons. The smallest absolute Gasteiger partial charge is 0.329 e. The van der Waals surface area contributed by atoms with Crippen LogP contribution in [-0.4, -0.2) is 23.4 Å². The topological polar surface area (TPSA) is 86.5 Å². The number of halogens is 3. The van der Waals surface area contributed by atoms with Crippen molar-refractivity contribution >= 4 is 7.75 Å². The molecule has 0 aliphatic carbocycles. The predicted octanol–water partition coefficient (Wildman–Crippen LogP) is 4.03. The zero-order valence-electron chi connectivity index (χ0n) is 13.5. The van der Waals surface area contributed by atoms with Crippen molar-refractivity contribution in [2.75, 3.05) is 13.2 Å². The summed E-state index contributed by atoms with van der Waals surface area (Å²) in [6.07, 6.45) is -4.69. The van der Waals surface area contributed by atoms with Crippen molar-refractivity contribution in [3.8, 4) is 11.4 Å². The van der Waals surface area contributed by atoms with Crippen molar-refractivity contribution in [3.05, 3.63) is 35.7 Å². The second-order valence-electron chi connectivity index (χ2n) is 4.79. The minimum absolute atomic E-state index is 0.166. The lowest BCUT2D eigenvalue weighted by atomic mass is 10.1. The standard InChI is InChI=1S/C14H17F3N3O4P/c1-3-22-25(21,23-4-2)18-9-10-5-7-11(8-6-10)12-19-13(24-20-12)14(15,16)17/h5-8H,3-4,9H2,1-2H3,(H,18,21). The number of nitrogens with one attached hydrogen (secondary N) is 1. The fraction of sp³-hybridized carbons (Fsp3) is 0.429. The third kappa shape index (κ3) is 5.37. The van der Waals surface area contributed by atoms with E-state index in [1.165, 1.54) is 12.1 Å². The Morgan fingerprint density at radius 1 is 1.16 bits per heavy atom. The zero-order valence-corrected chi connectivity index (χ0v) is 14.4. The van der Waals surface area contributed by atoms with Gasteiger partial charge in [-0.15, -0.1) is 0 Å². The van der Waals surface area contributed by atoms with Gasteiger partial charge < -0.3 is 4.52 Å². The fourth-order valence-corrected chi connectivity index (χ4v) is 3.20. The van der Waals surface area contributed by atoms with Crippen LogP contribution in [0.25, 0.3) is 11.4 Å². The largest absolute Gasteiger partial charge is 0.471 e. The van der Waals surface area contributed by atoms with Crippen molar-refractivity contribution in [2.24, 2.45) is 0 Å². The quantitative estimate of drug-likeness (QED) is 0.693. The number of alkyl halides is 3. The van der Waals surface area contributed by atoms with Crippen molar-refractivity contribution in [3.63, 3.8) is 0 Å². The molecule has 0 fully saturated rings. The van der Waals surface area contributed by atoms with Gasteiger partial charge in [0, 0.05) is 12.1 Å². The molecule has 0 aliphatic rings. The molecular formula is C14H17F3N3O4P. The van der Waals surface area contributed by atoms with Crippen molar-refractivity contribution in [1.82, 2.24) is 15.2 Å². The minimum Gasteiger partial charge on any atom is -0.329 e. The van der Waals surface area contributed by atoms with Gasteiger partial charge in [-0.25, -0.2) is 9.65 Å². The molecule has 1 N–H and O–H groups in total. The van der Waals surface area contributed by atoms with E-state index in [4.69, 9.17) is 9.05 Å². The van der Waals surface area contributed by atoms with Crippen molar-refractivity contribution in [1.29, 1.82) is 0 Å². The van der Waals surface area contributed by atoms with E-state index in [1.54, 1.807) is 26.0 Å². The molecule has 0 bridgehead atoms. The Balaban J connectivity index is 2.05. The molecule has 0 unspecified atom stereocenters. The second kappa shape index (κ2) is 8.09. The summed E-state index contributed by atoms with van der Waals surface area (Å²) in [5.41, 5.74) is 1.09. The average molecular weight is 379 g/mol. The SMILES string of the molecule is CCOP(=O)(NCc1ccc(-c2noc(C(F)(F)F)n2)cc1)OCC. The summed E-state index contributed by atoms with van der Waals surface area (Å²) >= 11 is 0. The summed E-state index contributed by atoms with van der Waals surface area (Å²) in [6, 6.07) is 6.34. The van der Waals surface area contributed by atoms with Crippen LogP contribution < -0.4 is 5.09 Å². The third-order valence-electron chi connectivity index (χ3n) is 2.96. The van der Waals surface area contributed by atoms with Gasteiger partial charge in [0.25, 0.3) is 0 Å². The van der Waals surface area contributed by atoms with Crippen LogP contribution in [0.2, 0.25) is 0 Å². The van der Waals surface area contributed by atoms with Crippen LogP contribution in [0.15, 0.2) is 28.8 Å². The Hall–Kier alpha value is -1.74. The van der Waals surface area contributed by atoms with E-state index in [0.717, 1.165) is 5.56 Å². The molecule has 1 aromatic carbocycles. The highest BCUT2D eigenvalue weighted by atomic mass is 31.2. The maximum absolute atomic E-state index is 12.5.